The molecule has 0 radical (unpaired) electrons. The van der Waals surface area contributed by atoms with Gasteiger partial charge >= 0.3 is 0 Å². The van der Waals surface area contributed by atoms with E-state index in [9.17, 15) is 0 Å². The fourth-order valence-corrected chi connectivity index (χ4v) is 0.389. The van der Waals surface area contributed by atoms with Crippen molar-refractivity contribution < 1.29 is 5.11 Å². The van der Waals surface area contributed by atoms with Gasteiger partial charge in [0.1, 0.15) is 0 Å². The molecule has 0 amide bonds. The SMILES string of the molecule is CN(C)C.N#CCC(O)CBr. The lowest BCUT2D eigenvalue weighted by Gasteiger charge is -1.95. The molecule has 1 unspecified atom stereocenters. The van der Waals surface area contributed by atoms with E-state index in [2.05, 4.69) is 15.9 Å². The smallest absolute Gasteiger partial charge is 0.0766 e. The van der Waals surface area contributed by atoms with E-state index in [1.165, 1.54) is 0 Å². The Bertz CT molecular complexity index is 109. The third-order valence-electron chi connectivity index (χ3n) is 0.505. The lowest BCUT2D eigenvalue weighted by molar-refractivity contribution is 0.206. The van der Waals surface area contributed by atoms with Crippen molar-refractivity contribution in [3.8, 4) is 6.07 Å². The predicted octanol–water partition coefficient (Wildman–Crippen LogP) is 0.834. The Labute approximate surface area is 76.7 Å². The summed E-state index contributed by atoms with van der Waals surface area (Å²) >= 11 is 3.01. The third-order valence-corrected chi connectivity index (χ3v) is 1.25. The zero-order chi connectivity index (χ0) is 9.28. The van der Waals surface area contributed by atoms with Crippen LogP contribution < -0.4 is 0 Å². The summed E-state index contributed by atoms with van der Waals surface area (Å²) < 4.78 is 0. The van der Waals surface area contributed by atoms with Gasteiger partial charge in [-0.25, -0.2) is 0 Å². The van der Waals surface area contributed by atoms with Gasteiger partial charge < -0.3 is 10.0 Å². The molecule has 11 heavy (non-hydrogen) atoms. The minimum Gasteiger partial charge on any atom is -0.391 e. The zero-order valence-corrected chi connectivity index (χ0v) is 8.80. The molecule has 1 N–H and O–H groups in total. The molecule has 66 valence electrons. The van der Waals surface area contributed by atoms with E-state index >= 15 is 0 Å². The number of halogens is 1. The van der Waals surface area contributed by atoms with Gasteiger partial charge in [0.15, 0.2) is 0 Å². The van der Waals surface area contributed by atoms with Crippen molar-refractivity contribution in [3.63, 3.8) is 0 Å². The molecule has 0 saturated carbocycles. The first-order valence-electron chi connectivity index (χ1n) is 3.26. The second-order valence-electron chi connectivity index (χ2n) is 2.51. The summed E-state index contributed by atoms with van der Waals surface area (Å²) in [5, 5.41) is 17.0. The van der Waals surface area contributed by atoms with Crippen molar-refractivity contribution in [2.24, 2.45) is 0 Å². The average molecular weight is 223 g/mol. The molecule has 0 aliphatic heterocycles. The summed E-state index contributed by atoms with van der Waals surface area (Å²) in [6, 6.07) is 1.84. The average Bonchev–Trinajstić information content (AvgIpc) is 1.87. The molecule has 0 spiro atoms. The first-order valence-corrected chi connectivity index (χ1v) is 4.38. The topological polar surface area (TPSA) is 47.3 Å². The van der Waals surface area contributed by atoms with Gasteiger partial charge in [0.05, 0.1) is 18.6 Å². The summed E-state index contributed by atoms with van der Waals surface area (Å²) in [6.07, 6.45) is -0.282. The van der Waals surface area contributed by atoms with Crippen LogP contribution in [0.15, 0.2) is 0 Å². The molecular formula is C7H15BrN2O. The highest BCUT2D eigenvalue weighted by Gasteiger charge is 1.96. The van der Waals surface area contributed by atoms with Crippen LogP contribution in [0.4, 0.5) is 0 Å². The van der Waals surface area contributed by atoms with E-state index in [0.717, 1.165) is 0 Å². The Kier molecular flexibility index (Phi) is 12.1. The van der Waals surface area contributed by atoms with Crippen molar-refractivity contribution in [1.82, 2.24) is 4.90 Å². The van der Waals surface area contributed by atoms with E-state index in [1.807, 2.05) is 32.1 Å². The third kappa shape index (κ3) is 25.7. The number of alkyl halides is 1. The number of nitriles is 1. The monoisotopic (exact) mass is 222 g/mol. The number of aliphatic hydroxyl groups excluding tert-OH is 1. The van der Waals surface area contributed by atoms with E-state index in [1.54, 1.807) is 0 Å². The van der Waals surface area contributed by atoms with Crippen LogP contribution in [0.25, 0.3) is 0 Å². The fourth-order valence-electron chi connectivity index (χ4n) is 0.160. The number of nitrogens with zero attached hydrogens (tertiary/aromatic N) is 2. The Hall–Kier alpha value is -0.110. The number of rotatable bonds is 2. The Morgan fingerprint density at radius 3 is 2.00 bits per heavy atom. The van der Waals surface area contributed by atoms with Gasteiger partial charge in [0.25, 0.3) is 0 Å². The van der Waals surface area contributed by atoms with Gasteiger partial charge in [-0.2, -0.15) is 5.26 Å². The molecule has 0 heterocycles. The van der Waals surface area contributed by atoms with Crippen molar-refractivity contribution in [2.45, 2.75) is 12.5 Å². The first-order chi connectivity index (χ1) is 5.04. The zero-order valence-electron chi connectivity index (χ0n) is 7.21. The minimum atomic E-state index is -0.495. The highest BCUT2D eigenvalue weighted by atomic mass is 79.9. The van der Waals surface area contributed by atoms with Crippen LogP contribution in [0.1, 0.15) is 6.42 Å². The summed E-state index contributed by atoms with van der Waals surface area (Å²) in [5.41, 5.74) is 0. The Morgan fingerprint density at radius 2 is 1.91 bits per heavy atom. The van der Waals surface area contributed by atoms with Crippen LogP contribution in [-0.2, 0) is 0 Å². The van der Waals surface area contributed by atoms with E-state index in [4.69, 9.17) is 10.4 Å². The molecule has 0 rings (SSSR count). The van der Waals surface area contributed by atoms with Crippen molar-refractivity contribution in [1.29, 1.82) is 5.26 Å². The van der Waals surface area contributed by atoms with E-state index in [0.29, 0.717) is 5.33 Å². The molecule has 0 saturated heterocycles. The second kappa shape index (κ2) is 9.89. The molecule has 0 bridgehead atoms. The summed E-state index contributed by atoms with van der Waals surface area (Å²) in [6.45, 7) is 0. The van der Waals surface area contributed by atoms with E-state index in [-0.39, 0.29) is 6.42 Å². The lowest BCUT2D eigenvalue weighted by Crippen LogP contribution is -2.04. The van der Waals surface area contributed by atoms with Gasteiger partial charge in [0, 0.05) is 5.33 Å². The number of aliphatic hydroxyl groups is 1. The second-order valence-corrected chi connectivity index (χ2v) is 3.16. The molecule has 3 nitrogen and oxygen atoms in total. The van der Waals surface area contributed by atoms with Crippen molar-refractivity contribution >= 4 is 15.9 Å². The predicted molar refractivity (Wildman–Crippen MR) is 49.6 cm³/mol. The molecule has 0 aromatic heterocycles. The first kappa shape index (κ1) is 13.5. The molecule has 4 heteroatoms. The van der Waals surface area contributed by atoms with E-state index < -0.39 is 6.10 Å². The maximum atomic E-state index is 8.59. The summed E-state index contributed by atoms with van der Waals surface area (Å²) in [4.78, 5) is 2.00. The van der Waals surface area contributed by atoms with Crippen LogP contribution in [0.2, 0.25) is 0 Å². The largest absolute Gasteiger partial charge is 0.391 e. The Morgan fingerprint density at radius 1 is 1.55 bits per heavy atom. The molecule has 0 fully saturated rings. The summed E-state index contributed by atoms with van der Waals surface area (Å²) in [5.74, 6) is 0. The van der Waals surface area contributed by atoms with Gasteiger partial charge in [-0.05, 0) is 21.1 Å². The Balaban J connectivity index is 0. The van der Waals surface area contributed by atoms with Crippen LogP contribution in [0.3, 0.4) is 0 Å². The van der Waals surface area contributed by atoms with Crippen LogP contribution >= 0.6 is 15.9 Å². The fraction of sp³-hybridized carbons (Fsp3) is 0.857. The maximum Gasteiger partial charge on any atom is 0.0766 e. The maximum absolute atomic E-state index is 8.59. The number of hydrogen-bond acceptors (Lipinski definition) is 3. The van der Waals surface area contributed by atoms with Gasteiger partial charge in [-0.1, -0.05) is 15.9 Å². The molecule has 0 aliphatic rings. The standard InChI is InChI=1S/C4H6BrNO.C3H9N/c5-3-4(7)1-2-6;1-4(2)3/h4,7H,1,3H2;1-3H3. The molecule has 1 atom stereocenters. The molecule has 0 aromatic rings. The summed E-state index contributed by atoms with van der Waals surface area (Å²) in [7, 11) is 6.00. The van der Waals surface area contributed by atoms with Crippen molar-refractivity contribution in [3.05, 3.63) is 0 Å². The van der Waals surface area contributed by atoms with Gasteiger partial charge in [0.2, 0.25) is 0 Å². The van der Waals surface area contributed by atoms with Crippen LogP contribution in [0.5, 0.6) is 0 Å². The highest BCUT2D eigenvalue weighted by molar-refractivity contribution is 9.09. The van der Waals surface area contributed by atoms with Crippen LogP contribution in [0, 0.1) is 11.3 Å². The molecule has 0 aliphatic carbocycles. The van der Waals surface area contributed by atoms with Gasteiger partial charge in [-0.15, -0.1) is 0 Å². The molecule has 0 aromatic carbocycles. The van der Waals surface area contributed by atoms with Gasteiger partial charge in [-0.3, -0.25) is 0 Å². The number of hydrogen-bond donors (Lipinski definition) is 1. The minimum absolute atomic E-state index is 0.214. The normalized spacial score (nSPS) is 11.4. The van der Waals surface area contributed by atoms with Crippen LogP contribution in [-0.4, -0.2) is 42.6 Å². The highest BCUT2D eigenvalue weighted by Crippen LogP contribution is 1.92. The quantitative estimate of drug-likeness (QED) is 0.705. The van der Waals surface area contributed by atoms with Crippen molar-refractivity contribution in [2.75, 3.05) is 26.5 Å². The lowest BCUT2D eigenvalue weighted by atomic mass is 10.3. The molecular weight excluding hydrogens is 208 g/mol.